The van der Waals surface area contributed by atoms with Crippen LogP contribution < -0.4 is 10.6 Å². The van der Waals surface area contributed by atoms with Gasteiger partial charge in [-0.15, -0.1) is 0 Å². The molecule has 0 spiro atoms. The van der Waals surface area contributed by atoms with Crippen LogP contribution in [0.1, 0.15) is 28.0 Å². The van der Waals surface area contributed by atoms with Crippen LogP contribution in [0.4, 0.5) is 11.8 Å². The molecule has 0 saturated carbocycles. The summed E-state index contributed by atoms with van der Waals surface area (Å²) in [4.78, 5) is 23.2. The first-order chi connectivity index (χ1) is 12.7. The molecule has 2 aliphatic rings. The van der Waals surface area contributed by atoms with Crippen molar-refractivity contribution >= 4 is 17.7 Å². The van der Waals surface area contributed by atoms with Crippen molar-refractivity contribution in [3.05, 3.63) is 53.3 Å². The van der Waals surface area contributed by atoms with Crippen molar-refractivity contribution in [3.63, 3.8) is 0 Å². The van der Waals surface area contributed by atoms with Crippen LogP contribution in [-0.2, 0) is 19.4 Å². The first kappa shape index (κ1) is 15.1. The molecular formula is C19H18N6O. The summed E-state index contributed by atoms with van der Waals surface area (Å²) in [7, 11) is 0. The van der Waals surface area contributed by atoms with Crippen LogP contribution in [0.2, 0.25) is 0 Å². The van der Waals surface area contributed by atoms with E-state index in [0.29, 0.717) is 5.56 Å². The minimum atomic E-state index is -0.421. The Morgan fingerprint density at radius 1 is 1.04 bits per heavy atom. The van der Waals surface area contributed by atoms with E-state index in [0.717, 1.165) is 61.1 Å². The molecule has 0 bridgehead atoms. The normalized spacial score (nSPS) is 15.2. The SMILES string of the molecule is NC(=O)c1ccc(-c2nc(N3CCn4nccc43)nc3c2CCC3)cc1. The minimum Gasteiger partial charge on any atom is -0.366 e. The fourth-order valence-corrected chi connectivity index (χ4v) is 3.81. The molecule has 3 heterocycles. The van der Waals surface area contributed by atoms with E-state index < -0.39 is 5.91 Å². The van der Waals surface area contributed by atoms with Crippen molar-refractivity contribution in [3.8, 4) is 11.3 Å². The molecule has 0 atom stereocenters. The first-order valence-electron chi connectivity index (χ1n) is 8.80. The van der Waals surface area contributed by atoms with E-state index in [9.17, 15) is 4.79 Å². The fourth-order valence-electron chi connectivity index (χ4n) is 3.81. The molecule has 3 aromatic rings. The van der Waals surface area contributed by atoms with Gasteiger partial charge in [0, 0.05) is 35.0 Å². The van der Waals surface area contributed by atoms with E-state index >= 15 is 0 Å². The van der Waals surface area contributed by atoms with Gasteiger partial charge in [0.15, 0.2) is 0 Å². The van der Waals surface area contributed by atoms with Crippen molar-refractivity contribution in [1.29, 1.82) is 0 Å². The van der Waals surface area contributed by atoms with Crippen LogP contribution in [0.5, 0.6) is 0 Å². The van der Waals surface area contributed by atoms with E-state index in [4.69, 9.17) is 15.7 Å². The summed E-state index contributed by atoms with van der Waals surface area (Å²) in [5, 5.41) is 4.33. The second kappa shape index (κ2) is 5.66. The number of rotatable bonds is 3. The summed E-state index contributed by atoms with van der Waals surface area (Å²) in [6, 6.07) is 9.33. The van der Waals surface area contributed by atoms with E-state index in [1.807, 2.05) is 22.9 Å². The summed E-state index contributed by atoms with van der Waals surface area (Å²) in [6.45, 7) is 1.66. The predicted octanol–water partition coefficient (Wildman–Crippen LogP) is 2.08. The van der Waals surface area contributed by atoms with Crippen LogP contribution in [0.25, 0.3) is 11.3 Å². The molecule has 5 rings (SSSR count). The van der Waals surface area contributed by atoms with Gasteiger partial charge in [0.2, 0.25) is 11.9 Å². The molecule has 26 heavy (non-hydrogen) atoms. The maximum Gasteiger partial charge on any atom is 0.248 e. The zero-order valence-electron chi connectivity index (χ0n) is 14.2. The van der Waals surface area contributed by atoms with E-state index in [-0.39, 0.29) is 0 Å². The quantitative estimate of drug-likeness (QED) is 0.784. The van der Waals surface area contributed by atoms with Gasteiger partial charge < -0.3 is 5.73 Å². The molecule has 0 fully saturated rings. The number of fused-ring (bicyclic) bond motifs is 2. The summed E-state index contributed by atoms with van der Waals surface area (Å²) in [5.74, 6) is 1.33. The number of carbonyl (C=O) groups is 1. The molecule has 1 aliphatic heterocycles. The number of aryl methyl sites for hydroxylation is 1. The molecule has 130 valence electrons. The number of anilines is 2. The Bertz CT molecular complexity index is 1010. The van der Waals surface area contributed by atoms with Crippen LogP contribution in [0.15, 0.2) is 36.5 Å². The molecule has 7 heteroatoms. The average Bonchev–Trinajstić information content (AvgIpc) is 3.37. The van der Waals surface area contributed by atoms with Gasteiger partial charge in [0.1, 0.15) is 5.82 Å². The molecule has 1 aliphatic carbocycles. The summed E-state index contributed by atoms with van der Waals surface area (Å²) in [6.07, 6.45) is 4.86. The molecule has 7 nitrogen and oxygen atoms in total. The lowest BCUT2D eigenvalue weighted by Gasteiger charge is -2.18. The van der Waals surface area contributed by atoms with Crippen molar-refractivity contribution in [2.24, 2.45) is 5.73 Å². The average molecular weight is 346 g/mol. The third kappa shape index (κ3) is 2.28. The zero-order valence-corrected chi connectivity index (χ0v) is 14.2. The van der Waals surface area contributed by atoms with Gasteiger partial charge in [-0.2, -0.15) is 5.10 Å². The summed E-state index contributed by atoms with van der Waals surface area (Å²) < 4.78 is 1.97. The van der Waals surface area contributed by atoms with Gasteiger partial charge in [-0.1, -0.05) is 12.1 Å². The largest absolute Gasteiger partial charge is 0.366 e. The number of hydrogen-bond acceptors (Lipinski definition) is 5. The highest BCUT2D eigenvalue weighted by molar-refractivity contribution is 5.93. The van der Waals surface area contributed by atoms with Crippen LogP contribution in [0.3, 0.4) is 0 Å². The zero-order chi connectivity index (χ0) is 17.7. The number of aromatic nitrogens is 4. The van der Waals surface area contributed by atoms with Gasteiger partial charge in [0.05, 0.1) is 18.4 Å². The molecule has 1 amide bonds. The first-order valence-corrected chi connectivity index (χ1v) is 8.80. The maximum absolute atomic E-state index is 11.3. The summed E-state index contributed by atoms with van der Waals surface area (Å²) >= 11 is 0. The van der Waals surface area contributed by atoms with Crippen molar-refractivity contribution in [2.45, 2.75) is 25.8 Å². The molecular weight excluding hydrogens is 328 g/mol. The predicted molar refractivity (Wildman–Crippen MR) is 97.2 cm³/mol. The topological polar surface area (TPSA) is 89.9 Å². The molecule has 0 radical (unpaired) electrons. The Morgan fingerprint density at radius 3 is 2.69 bits per heavy atom. The lowest BCUT2D eigenvalue weighted by Crippen LogP contribution is -2.18. The molecule has 0 unspecified atom stereocenters. The van der Waals surface area contributed by atoms with Crippen LogP contribution >= 0.6 is 0 Å². The van der Waals surface area contributed by atoms with Crippen molar-refractivity contribution in [1.82, 2.24) is 19.7 Å². The van der Waals surface area contributed by atoms with Crippen LogP contribution in [0, 0.1) is 0 Å². The standard InChI is InChI=1S/C19H18N6O/c20-18(26)13-6-4-12(5-7-13)17-14-2-1-3-15(14)22-19(23-17)24-10-11-25-16(24)8-9-21-25/h4-9H,1-3,10-11H2,(H2,20,26). The molecule has 2 N–H and O–H groups in total. The number of carbonyl (C=O) groups excluding carboxylic acids is 1. The number of amides is 1. The Kier molecular flexibility index (Phi) is 3.28. The number of nitrogens with zero attached hydrogens (tertiary/aromatic N) is 5. The van der Waals surface area contributed by atoms with Gasteiger partial charge >= 0.3 is 0 Å². The highest BCUT2D eigenvalue weighted by Gasteiger charge is 2.27. The smallest absolute Gasteiger partial charge is 0.248 e. The highest BCUT2D eigenvalue weighted by atomic mass is 16.1. The Hall–Kier alpha value is -3.22. The van der Waals surface area contributed by atoms with E-state index in [1.54, 1.807) is 18.3 Å². The highest BCUT2D eigenvalue weighted by Crippen LogP contribution is 2.34. The van der Waals surface area contributed by atoms with E-state index in [2.05, 4.69) is 10.00 Å². The number of benzene rings is 1. The number of primary amides is 1. The second-order valence-corrected chi connectivity index (χ2v) is 6.66. The molecule has 0 saturated heterocycles. The Morgan fingerprint density at radius 2 is 1.88 bits per heavy atom. The Labute approximate surface area is 150 Å². The van der Waals surface area contributed by atoms with Crippen molar-refractivity contribution < 1.29 is 4.79 Å². The maximum atomic E-state index is 11.3. The third-order valence-electron chi connectivity index (χ3n) is 5.11. The van der Waals surface area contributed by atoms with Crippen LogP contribution in [-0.4, -0.2) is 32.2 Å². The Balaban J connectivity index is 1.62. The van der Waals surface area contributed by atoms with Gasteiger partial charge in [0.25, 0.3) is 0 Å². The lowest BCUT2D eigenvalue weighted by molar-refractivity contribution is 0.100. The van der Waals surface area contributed by atoms with Gasteiger partial charge in [-0.25, -0.2) is 14.6 Å². The lowest BCUT2D eigenvalue weighted by atomic mass is 10.0. The van der Waals surface area contributed by atoms with Crippen molar-refractivity contribution in [2.75, 3.05) is 11.4 Å². The fraction of sp³-hybridized carbons (Fsp3) is 0.263. The van der Waals surface area contributed by atoms with Gasteiger partial charge in [-0.3, -0.25) is 9.69 Å². The third-order valence-corrected chi connectivity index (χ3v) is 5.11. The minimum absolute atomic E-state index is 0.421. The molecule has 1 aromatic carbocycles. The number of hydrogen-bond donors (Lipinski definition) is 1. The van der Waals surface area contributed by atoms with E-state index in [1.165, 1.54) is 5.56 Å². The summed E-state index contributed by atoms with van der Waals surface area (Å²) in [5.41, 5.74) is 10.1. The monoisotopic (exact) mass is 346 g/mol. The molecule has 2 aromatic heterocycles. The second-order valence-electron chi connectivity index (χ2n) is 6.66. The van der Waals surface area contributed by atoms with Gasteiger partial charge in [-0.05, 0) is 31.4 Å². The number of nitrogens with two attached hydrogens (primary N) is 1.